The predicted octanol–water partition coefficient (Wildman–Crippen LogP) is 5.59. The van der Waals surface area contributed by atoms with Crippen LogP contribution in [0.25, 0.3) is 0 Å². The molecule has 0 spiro atoms. The summed E-state index contributed by atoms with van der Waals surface area (Å²) in [6, 6.07) is 19.7. The fraction of sp³-hybridized carbons (Fsp3) is 0.136. The van der Waals surface area contributed by atoms with E-state index in [4.69, 9.17) is 27.9 Å². The second-order valence-electron chi connectivity index (χ2n) is 6.60. The van der Waals surface area contributed by atoms with Gasteiger partial charge >= 0.3 is 0 Å². The van der Waals surface area contributed by atoms with Crippen LogP contribution >= 0.6 is 23.2 Å². The summed E-state index contributed by atoms with van der Waals surface area (Å²) in [7, 11) is -3.83. The quantitative estimate of drug-likeness (QED) is 0.392. The first-order valence-electron chi connectivity index (χ1n) is 9.38. The number of ether oxygens (including phenoxy) is 1. The number of benzene rings is 3. The molecule has 0 atom stereocenters. The number of halogens is 2. The summed E-state index contributed by atoms with van der Waals surface area (Å²) in [4.78, 5) is 12.1. The number of carbonyl (C=O) groups is 1. The van der Waals surface area contributed by atoms with Crippen LogP contribution in [0.4, 0.5) is 11.4 Å². The van der Waals surface area contributed by atoms with Crippen molar-refractivity contribution in [3.8, 4) is 5.75 Å². The molecule has 0 bridgehead atoms. The van der Waals surface area contributed by atoms with Gasteiger partial charge in [0.1, 0.15) is 5.75 Å². The van der Waals surface area contributed by atoms with Crippen molar-refractivity contribution in [3.63, 3.8) is 0 Å². The van der Waals surface area contributed by atoms with Crippen molar-refractivity contribution >= 4 is 50.5 Å². The topological polar surface area (TPSA) is 84.5 Å². The summed E-state index contributed by atoms with van der Waals surface area (Å²) in [6.45, 7) is 0.424. The molecule has 0 aliphatic heterocycles. The second kappa shape index (κ2) is 10.5. The number of anilines is 2. The van der Waals surface area contributed by atoms with Crippen molar-refractivity contribution < 1.29 is 17.9 Å². The number of amides is 1. The Morgan fingerprint density at radius 2 is 1.52 bits per heavy atom. The molecule has 0 saturated carbocycles. The molecule has 2 N–H and O–H groups in total. The van der Waals surface area contributed by atoms with Crippen molar-refractivity contribution in [1.29, 1.82) is 0 Å². The third kappa shape index (κ3) is 7.17. The zero-order valence-corrected chi connectivity index (χ0v) is 18.7. The number of rotatable bonds is 9. The Labute approximate surface area is 191 Å². The summed E-state index contributed by atoms with van der Waals surface area (Å²) in [6.07, 6.45) is 0.837. The molecule has 0 fully saturated rings. The highest BCUT2D eigenvalue weighted by atomic mass is 35.5. The molecule has 1 amide bonds. The second-order valence-corrected chi connectivity index (χ2v) is 9.16. The molecule has 31 heavy (non-hydrogen) atoms. The lowest BCUT2D eigenvalue weighted by molar-refractivity contribution is -0.116. The average Bonchev–Trinajstić information content (AvgIpc) is 2.71. The minimum Gasteiger partial charge on any atom is -0.494 e. The van der Waals surface area contributed by atoms with Crippen LogP contribution < -0.4 is 14.8 Å². The van der Waals surface area contributed by atoms with E-state index in [1.165, 1.54) is 42.5 Å². The number of carbonyl (C=O) groups excluding carboxylic acids is 1. The Kier molecular flexibility index (Phi) is 7.79. The molecule has 0 aliphatic rings. The van der Waals surface area contributed by atoms with Crippen LogP contribution in [0.1, 0.15) is 12.8 Å². The molecule has 0 aliphatic carbocycles. The van der Waals surface area contributed by atoms with Gasteiger partial charge in [-0.3, -0.25) is 9.52 Å². The highest BCUT2D eigenvalue weighted by Gasteiger charge is 2.15. The highest BCUT2D eigenvalue weighted by molar-refractivity contribution is 7.92. The van der Waals surface area contributed by atoms with Gasteiger partial charge in [-0.1, -0.05) is 41.4 Å². The maximum Gasteiger partial charge on any atom is 0.261 e. The lowest BCUT2D eigenvalue weighted by atomic mass is 10.2. The van der Waals surface area contributed by atoms with Crippen molar-refractivity contribution in [2.45, 2.75) is 17.7 Å². The molecular formula is C22H20Cl2N2O4S. The molecule has 0 saturated heterocycles. The number of hydrogen-bond donors (Lipinski definition) is 2. The van der Waals surface area contributed by atoms with Gasteiger partial charge in [-0.05, 0) is 61.0 Å². The predicted molar refractivity (Wildman–Crippen MR) is 124 cm³/mol. The Bertz CT molecular complexity index is 1120. The van der Waals surface area contributed by atoms with Crippen molar-refractivity contribution in [1.82, 2.24) is 0 Å². The molecule has 0 aromatic heterocycles. The Balaban J connectivity index is 1.51. The van der Waals surface area contributed by atoms with Gasteiger partial charge in [-0.2, -0.15) is 0 Å². The summed E-state index contributed by atoms with van der Waals surface area (Å²) in [5, 5.41) is 3.37. The van der Waals surface area contributed by atoms with E-state index in [1.54, 1.807) is 0 Å². The van der Waals surface area contributed by atoms with Gasteiger partial charge in [-0.15, -0.1) is 0 Å². The van der Waals surface area contributed by atoms with Crippen molar-refractivity contribution in [2.75, 3.05) is 16.6 Å². The molecule has 3 aromatic rings. The van der Waals surface area contributed by atoms with Crippen LogP contribution in [0.5, 0.6) is 5.75 Å². The summed E-state index contributed by atoms with van der Waals surface area (Å²) < 4.78 is 33.1. The number of para-hydroxylation sites is 1. The SMILES string of the molecule is O=C(CCCOc1ccccc1)Nc1ccc(S(=O)(=O)Nc2cc(Cl)cc(Cl)c2)cc1. The minimum absolute atomic E-state index is 0.0397. The third-order valence-corrected chi connectivity index (χ3v) is 5.96. The van der Waals surface area contributed by atoms with E-state index in [2.05, 4.69) is 10.0 Å². The van der Waals surface area contributed by atoms with Gasteiger partial charge in [0.05, 0.1) is 17.2 Å². The molecule has 0 radical (unpaired) electrons. The van der Waals surface area contributed by atoms with Gasteiger partial charge in [0.2, 0.25) is 5.91 Å². The first-order chi connectivity index (χ1) is 14.8. The number of hydrogen-bond acceptors (Lipinski definition) is 4. The molecule has 3 rings (SSSR count). The van der Waals surface area contributed by atoms with E-state index in [-0.39, 0.29) is 22.9 Å². The van der Waals surface area contributed by atoms with Gasteiger partial charge in [-0.25, -0.2) is 8.42 Å². The highest BCUT2D eigenvalue weighted by Crippen LogP contribution is 2.25. The smallest absolute Gasteiger partial charge is 0.261 e. The van der Waals surface area contributed by atoms with E-state index < -0.39 is 10.0 Å². The molecular weight excluding hydrogens is 459 g/mol. The van der Waals surface area contributed by atoms with Crippen LogP contribution in [0.15, 0.2) is 77.7 Å². The Hall–Kier alpha value is -2.74. The van der Waals surface area contributed by atoms with Crippen LogP contribution in [-0.4, -0.2) is 20.9 Å². The number of sulfonamides is 1. The van der Waals surface area contributed by atoms with Gasteiger partial charge in [0.15, 0.2) is 0 Å². The standard InChI is InChI=1S/C22H20Cl2N2O4S/c23-16-13-17(24)15-19(14-16)26-31(28,29)21-10-8-18(9-11-21)25-22(27)7-4-12-30-20-5-2-1-3-6-20/h1-3,5-6,8-11,13-15,26H,4,7,12H2,(H,25,27). The third-order valence-electron chi connectivity index (χ3n) is 4.12. The van der Waals surface area contributed by atoms with Crippen LogP contribution in [0, 0.1) is 0 Å². The minimum atomic E-state index is -3.83. The molecule has 0 unspecified atom stereocenters. The van der Waals surface area contributed by atoms with Crippen molar-refractivity contribution in [2.24, 2.45) is 0 Å². The first-order valence-corrected chi connectivity index (χ1v) is 11.6. The largest absolute Gasteiger partial charge is 0.494 e. The summed E-state index contributed by atoms with van der Waals surface area (Å²) in [5.41, 5.74) is 0.756. The summed E-state index contributed by atoms with van der Waals surface area (Å²) >= 11 is 11.8. The number of nitrogens with one attached hydrogen (secondary N) is 2. The summed E-state index contributed by atoms with van der Waals surface area (Å²) in [5.74, 6) is 0.576. The van der Waals surface area contributed by atoms with E-state index in [0.717, 1.165) is 5.75 Å². The van der Waals surface area contributed by atoms with Crippen LogP contribution in [0.2, 0.25) is 10.0 Å². The van der Waals surface area contributed by atoms with Gasteiger partial charge in [0.25, 0.3) is 10.0 Å². The zero-order chi connectivity index (χ0) is 22.3. The van der Waals surface area contributed by atoms with Gasteiger partial charge < -0.3 is 10.1 Å². The fourth-order valence-electron chi connectivity index (χ4n) is 2.71. The lowest BCUT2D eigenvalue weighted by Gasteiger charge is -2.10. The van der Waals surface area contributed by atoms with Gasteiger partial charge in [0, 0.05) is 22.2 Å². The fourth-order valence-corrected chi connectivity index (χ4v) is 4.27. The van der Waals surface area contributed by atoms with Crippen molar-refractivity contribution in [3.05, 3.63) is 82.8 Å². The molecule has 0 heterocycles. The molecule has 9 heteroatoms. The lowest BCUT2D eigenvalue weighted by Crippen LogP contribution is -2.14. The molecule has 6 nitrogen and oxygen atoms in total. The normalized spacial score (nSPS) is 11.0. The van der Waals surface area contributed by atoms with E-state index in [0.29, 0.717) is 28.8 Å². The molecule has 162 valence electrons. The van der Waals surface area contributed by atoms with E-state index in [9.17, 15) is 13.2 Å². The zero-order valence-electron chi connectivity index (χ0n) is 16.3. The van der Waals surface area contributed by atoms with Crippen LogP contribution in [-0.2, 0) is 14.8 Å². The average molecular weight is 479 g/mol. The van der Waals surface area contributed by atoms with E-state index in [1.807, 2.05) is 30.3 Å². The maximum atomic E-state index is 12.6. The maximum absolute atomic E-state index is 12.6. The Morgan fingerprint density at radius 1 is 0.871 bits per heavy atom. The van der Waals surface area contributed by atoms with E-state index >= 15 is 0 Å². The monoisotopic (exact) mass is 478 g/mol. The molecule has 3 aromatic carbocycles. The first kappa shape index (κ1) is 22.9. The Morgan fingerprint density at radius 3 is 2.16 bits per heavy atom. The van der Waals surface area contributed by atoms with Crippen LogP contribution in [0.3, 0.4) is 0 Å².